The van der Waals surface area contributed by atoms with E-state index in [2.05, 4.69) is 9.71 Å². The molecule has 88 valence electrons. The van der Waals surface area contributed by atoms with Gasteiger partial charge < -0.3 is 0 Å². The van der Waals surface area contributed by atoms with Crippen LogP contribution in [0, 0.1) is 5.41 Å². The van der Waals surface area contributed by atoms with Crippen molar-refractivity contribution >= 4 is 21.6 Å². The molecule has 1 aromatic rings. The summed E-state index contributed by atoms with van der Waals surface area (Å²) < 4.78 is 26.5. The number of rotatable bonds is 3. The van der Waals surface area contributed by atoms with Crippen molar-refractivity contribution < 1.29 is 8.42 Å². The van der Waals surface area contributed by atoms with Gasteiger partial charge in [-0.15, -0.1) is 0 Å². The van der Waals surface area contributed by atoms with Gasteiger partial charge in [0.05, 0.1) is 5.02 Å². The van der Waals surface area contributed by atoms with Crippen LogP contribution >= 0.6 is 11.6 Å². The molecule has 1 N–H and O–H groups in total. The lowest BCUT2D eigenvalue weighted by Crippen LogP contribution is -2.28. The fourth-order valence-electron chi connectivity index (χ4n) is 1.48. The van der Waals surface area contributed by atoms with Crippen molar-refractivity contribution in [1.82, 2.24) is 9.71 Å². The average molecular weight is 261 g/mol. The molecule has 2 rings (SSSR count). The first-order chi connectivity index (χ1) is 7.33. The zero-order valence-corrected chi connectivity index (χ0v) is 10.6. The van der Waals surface area contributed by atoms with Crippen LogP contribution in [0.15, 0.2) is 23.4 Å². The summed E-state index contributed by atoms with van der Waals surface area (Å²) in [6.07, 6.45) is 3.58. The highest BCUT2D eigenvalue weighted by Gasteiger charge is 2.48. The Labute approximate surface area is 100 Å². The van der Waals surface area contributed by atoms with Gasteiger partial charge in [0.2, 0.25) is 10.0 Å². The van der Waals surface area contributed by atoms with Gasteiger partial charge in [-0.2, -0.15) is 0 Å². The maximum Gasteiger partial charge on any atom is 0.243 e. The predicted octanol–water partition coefficient (Wildman–Crippen LogP) is 1.81. The van der Waals surface area contributed by atoms with E-state index in [9.17, 15) is 8.42 Å². The Bertz CT molecular complexity index is 513. The number of nitrogens with one attached hydrogen (secondary N) is 1. The van der Waals surface area contributed by atoms with Gasteiger partial charge in [0.25, 0.3) is 0 Å². The molecule has 6 heteroatoms. The van der Waals surface area contributed by atoms with E-state index in [0.717, 1.165) is 6.42 Å². The summed E-state index contributed by atoms with van der Waals surface area (Å²) in [6.45, 7) is 4.04. The van der Waals surface area contributed by atoms with Gasteiger partial charge in [0.1, 0.15) is 4.90 Å². The minimum absolute atomic E-state index is 0.00577. The number of hydrogen-bond donors (Lipinski definition) is 1. The van der Waals surface area contributed by atoms with Crippen LogP contribution in [0.4, 0.5) is 0 Å². The van der Waals surface area contributed by atoms with Crippen molar-refractivity contribution in [3.63, 3.8) is 0 Å². The Morgan fingerprint density at radius 3 is 2.69 bits per heavy atom. The van der Waals surface area contributed by atoms with Crippen LogP contribution in [0.3, 0.4) is 0 Å². The molecule has 4 nitrogen and oxygen atoms in total. The number of halogens is 1. The Hall–Kier alpha value is -0.650. The lowest BCUT2D eigenvalue weighted by atomic mass is 10.2. The molecule has 0 aromatic carbocycles. The summed E-state index contributed by atoms with van der Waals surface area (Å²) in [5.41, 5.74) is 0.0434. The third-order valence-electron chi connectivity index (χ3n) is 2.83. The number of hydrogen-bond acceptors (Lipinski definition) is 3. The van der Waals surface area contributed by atoms with Crippen LogP contribution in [0.1, 0.15) is 20.3 Å². The Morgan fingerprint density at radius 2 is 2.19 bits per heavy atom. The van der Waals surface area contributed by atoms with E-state index in [1.54, 1.807) is 0 Å². The highest BCUT2D eigenvalue weighted by molar-refractivity contribution is 7.89. The van der Waals surface area contributed by atoms with Crippen molar-refractivity contribution in [3.05, 3.63) is 23.5 Å². The quantitative estimate of drug-likeness (QED) is 0.902. The van der Waals surface area contributed by atoms with Crippen molar-refractivity contribution in [2.45, 2.75) is 31.2 Å². The molecule has 1 saturated carbocycles. The fourth-order valence-corrected chi connectivity index (χ4v) is 3.32. The molecular weight excluding hydrogens is 248 g/mol. The van der Waals surface area contributed by atoms with Gasteiger partial charge in [-0.3, -0.25) is 4.98 Å². The molecular formula is C10H13ClN2O2S. The highest BCUT2D eigenvalue weighted by Crippen LogP contribution is 2.45. The number of nitrogens with zero attached hydrogens (tertiary/aromatic N) is 1. The van der Waals surface area contributed by atoms with Crippen molar-refractivity contribution in [2.24, 2.45) is 5.41 Å². The van der Waals surface area contributed by atoms with Gasteiger partial charge in [-0.1, -0.05) is 25.4 Å². The molecule has 1 heterocycles. The Balaban J connectivity index is 2.24. The second kappa shape index (κ2) is 3.68. The van der Waals surface area contributed by atoms with Crippen LogP contribution in [0.25, 0.3) is 0 Å². The molecule has 1 atom stereocenters. The highest BCUT2D eigenvalue weighted by atomic mass is 35.5. The molecule has 0 amide bonds. The van der Waals surface area contributed by atoms with Crippen LogP contribution in [-0.2, 0) is 10.0 Å². The maximum absolute atomic E-state index is 12.0. The molecule has 1 fully saturated rings. The number of sulfonamides is 1. The van der Waals surface area contributed by atoms with Gasteiger partial charge >= 0.3 is 0 Å². The molecule has 1 aromatic heterocycles. The molecule has 0 spiro atoms. The smallest absolute Gasteiger partial charge is 0.243 e. The molecule has 1 aliphatic rings. The van der Waals surface area contributed by atoms with E-state index in [-0.39, 0.29) is 21.4 Å². The van der Waals surface area contributed by atoms with Crippen LogP contribution in [0.2, 0.25) is 5.02 Å². The molecule has 0 aliphatic heterocycles. The number of pyridine rings is 1. The fraction of sp³-hybridized carbons (Fsp3) is 0.500. The third kappa shape index (κ3) is 2.21. The van der Waals surface area contributed by atoms with E-state index in [1.807, 2.05) is 13.8 Å². The van der Waals surface area contributed by atoms with Gasteiger partial charge in [-0.05, 0) is 17.9 Å². The molecule has 0 saturated heterocycles. The van der Waals surface area contributed by atoms with E-state index in [4.69, 9.17) is 11.6 Å². The minimum atomic E-state index is -3.54. The van der Waals surface area contributed by atoms with Crippen molar-refractivity contribution in [2.75, 3.05) is 0 Å². The van der Waals surface area contributed by atoms with Crippen LogP contribution < -0.4 is 4.72 Å². The summed E-state index contributed by atoms with van der Waals surface area (Å²) in [4.78, 5) is 3.81. The standard InChI is InChI=1S/C10H13ClN2O2S/c1-10(2)5-9(10)13-16(14,15)8-6-12-4-3-7(8)11/h3-4,6,9,13H,5H2,1-2H3. The number of aromatic nitrogens is 1. The normalized spacial score (nSPS) is 23.1. The zero-order valence-electron chi connectivity index (χ0n) is 9.07. The minimum Gasteiger partial charge on any atom is -0.263 e. The second-order valence-corrected chi connectivity index (χ2v) is 6.76. The Morgan fingerprint density at radius 1 is 1.56 bits per heavy atom. The van der Waals surface area contributed by atoms with Crippen LogP contribution in [-0.4, -0.2) is 19.4 Å². The lowest BCUT2D eigenvalue weighted by molar-refractivity contribution is 0.554. The average Bonchev–Trinajstić information content (AvgIpc) is 2.72. The predicted molar refractivity (Wildman–Crippen MR) is 61.8 cm³/mol. The molecule has 1 aliphatic carbocycles. The second-order valence-electron chi connectivity index (χ2n) is 4.67. The zero-order chi connectivity index (χ0) is 12.0. The molecule has 0 bridgehead atoms. The van der Waals surface area contributed by atoms with Crippen LogP contribution in [0.5, 0.6) is 0 Å². The first kappa shape index (κ1) is 11.8. The first-order valence-electron chi connectivity index (χ1n) is 4.95. The largest absolute Gasteiger partial charge is 0.263 e. The van der Waals surface area contributed by atoms with E-state index >= 15 is 0 Å². The molecule has 0 radical (unpaired) electrons. The van der Waals surface area contributed by atoms with E-state index in [0.29, 0.717) is 0 Å². The Kier molecular flexibility index (Phi) is 2.72. The third-order valence-corrected chi connectivity index (χ3v) is 4.78. The van der Waals surface area contributed by atoms with Crippen molar-refractivity contribution in [1.29, 1.82) is 0 Å². The van der Waals surface area contributed by atoms with E-state index in [1.165, 1.54) is 18.5 Å². The summed E-state index contributed by atoms with van der Waals surface area (Å²) in [5, 5.41) is 0.195. The summed E-state index contributed by atoms with van der Waals surface area (Å²) in [6, 6.07) is 1.46. The topological polar surface area (TPSA) is 59.1 Å². The van der Waals surface area contributed by atoms with E-state index < -0.39 is 10.0 Å². The van der Waals surface area contributed by atoms with Gasteiger partial charge in [0.15, 0.2) is 0 Å². The maximum atomic E-state index is 12.0. The lowest BCUT2D eigenvalue weighted by Gasteiger charge is -2.08. The van der Waals surface area contributed by atoms with Gasteiger partial charge in [0, 0.05) is 18.4 Å². The summed E-state index contributed by atoms with van der Waals surface area (Å²) in [5.74, 6) is 0. The molecule has 1 unspecified atom stereocenters. The monoisotopic (exact) mass is 260 g/mol. The summed E-state index contributed by atoms with van der Waals surface area (Å²) in [7, 11) is -3.54. The first-order valence-corrected chi connectivity index (χ1v) is 6.81. The SMILES string of the molecule is CC1(C)CC1NS(=O)(=O)c1cnccc1Cl. The van der Waals surface area contributed by atoms with Crippen molar-refractivity contribution in [3.8, 4) is 0 Å². The molecule has 16 heavy (non-hydrogen) atoms. The van der Waals surface area contributed by atoms with Gasteiger partial charge in [-0.25, -0.2) is 13.1 Å². The summed E-state index contributed by atoms with van der Waals surface area (Å²) >= 11 is 5.82.